The highest BCUT2D eigenvalue weighted by atomic mass is 19.1. The van der Waals surface area contributed by atoms with Crippen LogP contribution in [0.5, 0.6) is 0 Å². The summed E-state index contributed by atoms with van der Waals surface area (Å²) in [4.78, 5) is 24.6. The standard InChI is InChI=1S/C17H21FN6O/c1-22-11-12(8-21-22)14-7-15(25)23(2)17(14)3-5-24(6-4-17)16-19-9-13(18)10-20-16/h8-11,14H,3-7H2,1-2H3. The molecule has 2 saturated heterocycles. The van der Waals surface area contributed by atoms with Crippen molar-refractivity contribution >= 4 is 11.9 Å². The highest BCUT2D eigenvalue weighted by Crippen LogP contribution is 2.48. The van der Waals surface area contributed by atoms with E-state index >= 15 is 0 Å². The fourth-order valence-corrected chi connectivity index (χ4v) is 4.28. The maximum atomic E-state index is 13.0. The molecule has 7 nitrogen and oxygen atoms in total. The summed E-state index contributed by atoms with van der Waals surface area (Å²) < 4.78 is 14.8. The predicted octanol–water partition coefficient (Wildman–Crippen LogP) is 1.33. The van der Waals surface area contributed by atoms with Crippen molar-refractivity contribution in [3.8, 4) is 0 Å². The molecule has 1 spiro atoms. The number of aryl methyl sites for hydroxylation is 1. The van der Waals surface area contributed by atoms with Gasteiger partial charge in [0, 0.05) is 45.7 Å². The van der Waals surface area contributed by atoms with Gasteiger partial charge in [-0.05, 0) is 18.4 Å². The van der Waals surface area contributed by atoms with Crippen LogP contribution in [0.25, 0.3) is 0 Å². The zero-order valence-corrected chi connectivity index (χ0v) is 14.4. The Morgan fingerprint density at radius 1 is 1.16 bits per heavy atom. The number of halogens is 1. The second-order valence-electron chi connectivity index (χ2n) is 6.95. The SMILES string of the molecule is CN1C(=O)CC(c2cnn(C)c2)C12CCN(c1ncc(F)cn1)CC2. The Bertz CT molecular complexity index is 781. The lowest BCUT2D eigenvalue weighted by Gasteiger charge is -2.46. The minimum absolute atomic E-state index is 0.148. The van der Waals surface area contributed by atoms with Gasteiger partial charge >= 0.3 is 0 Å². The van der Waals surface area contributed by atoms with E-state index in [4.69, 9.17) is 0 Å². The molecule has 132 valence electrons. The zero-order chi connectivity index (χ0) is 17.6. The van der Waals surface area contributed by atoms with Gasteiger partial charge in [0.15, 0.2) is 5.82 Å². The van der Waals surface area contributed by atoms with E-state index in [2.05, 4.69) is 20.0 Å². The number of hydrogen-bond acceptors (Lipinski definition) is 5. The Morgan fingerprint density at radius 3 is 2.44 bits per heavy atom. The van der Waals surface area contributed by atoms with Gasteiger partial charge in [-0.3, -0.25) is 9.48 Å². The van der Waals surface area contributed by atoms with Gasteiger partial charge in [-0.25, -0.2) is 14.4 Å². The molecule has 0 saturated carbocycles. The largest absolute Gasteiger partial charge is 0.341 e. The van der Waals surface area contributed by atoms with E-state index in [0.717, 1.165) is 31.5 Å². The van der Waals surface area contributed by atoms with Crippen molar-refractivity contribution in [3.05, 3.63) is 36.2 Å². The zero-order valence-electron chi connectivity index (χ0n) is 14.4. The monoisotopic (exact) mass is 344 g/mol. The molecule has 0 aromatic carbocycles. The average Bonchev–Trinajstić information content (AvgIpc) is 3.14. The number of likely N-dealkylation sites (N-methyl/N-ethyl adjacent to an activating group) is 1. The van der Waals surface area contributed by atoms with Crippen LogP contribution < -0.4 is 4.90 Å². The van der Waals surface area contributed by atoms with Gasteiger partial charge in [0.25, 0.3) is 0 Å². The molecular weight excluding hydrogens is 323 g/mol. The van der Waals surface area contributed by atoms with E-state index in [0.29, 0.717) is 12.4 Å². The molecule has 1 amide bonds. The van der Waals surface area contributed by atoms with Crippen LogP contribution in [-0.4, -0.2) is 56.2 Å². The summed E-state index contributed by atoms with van der Waals surface area (Å²) >= 11 is 0. The number of anilines is 1. The Morgan fingerprint density at radius 2 is 1.84 bits per heavy atom. The molecule has 0 radical (unpaired) electrons. The van der Waals surface area contributed by atoms with Gasteiger partial charge in [-0.1, -0.05) is 0 Å². The van der Waals surface area contributed by atoms with Crippen LogP contribution in [0.4, 0.5) is 10.3 Å². The van der Waals surface area contributed by atoms with Crippen molar-refractivity contribution in [3.63, 3.8) is 0 Å². The molecule has 2 aliphatic rings. The van der Waals surface area contributed by atoms with Crippen LogP contribution in [0.2, 0.25) is 0 Å². The molecule has 2 aromatic rings. The first-order valence-corrected chi connectivity index (χ1v) is 8.47. The third-order valence-electron chi connectivity index (χ3n) is 5.72. The predicted molar refractivity (Wildman–Crippen MR) is 89.5 cm³/mol. The van der Waals surface area contributed by atoms with E-state index in [1.807, 2.05) is 31.4 Å². The topological polar surface area (TPSA) is 67.2 Å². The van der Waals surface area contributed by atoms with Crippen LogP contribution in [0, 0.1) is 5.82 Å². The molecule has 1 atom stereocenters. The molecule has 25 heavy (non-hydrogen) atoms. The van der Waals surface area contributed by atoms with Gasteiger partial charge in [-0.15, -0.1) is 0 Å². The summed E-state index contributed by atoms with van der Waals surface area (Å²) in [6, 6.07) is 0. The maximum absolute atomic E-state index is 13.0. The van der Waals surface area contributed by atoms with E-state index < -0.39 is 5.82 Å². The number of carbonyl (C=O) groups is 1. The van der Waals surface area contributed by atoms with Crippen LogP contribution in [0.15, 0.2) is 24.8 Å². The number of piperidine rings is 1. The van der Waals surface area contributed by atoms with Crippen molar-refractivity contribution in [2.24, 2.45) is 7.05 Å². The van der Waals surface area contributed by atoms with Gasteiger partial charge in [-0.2, -0.15) is 5.10 Å². The van der Waals surface area contributed by atoms with E-state index in [-0.39, 0.29) is 17.4 Å². The van der Waals surface area contributed by atoms with Crippen molar-refractivity contribution in [1.82, 2.24) is 24.6 Å². The number of carbonyl (C=O) groups excluding carboxylic acids is 1. The average molecular weight is 344 g/mol. The minimum atomic E-state index is -0.435. The number of amides is 1. The first-order valence-electron chi connectivity index (χ1n) is 8.47. The number of aromatic nitrogens is 4. The first-order chi connectivity index (χ1) is 12.0. The van der Waals surface area contributed by atoms with Crippen molar-refractivity contribution < 1.29 is 9.18 Å². The quantitative estimate of drug-likeness (QED) is 0.822. The molecule has 1 unspecified atom stereocenters. The highest BCUT2D eigenvalue weighted by Gasteiger charge is 2.53. The summed E-state index contributed by atoms with van der Waals surface area (Å²) in [5.74, 6) is 0.437. The second kappa shape index (κ2) is 5.79. The van der Waals surface area contributed by atoms with Crippen LogP contribution >= 0.6 is 0 Å². The molecule has 2 aliphatic heterocycles. The maximum Gasteiger partial charge on any atom is 0.225 e. The van der Waals surface area contributed by atoms with E-state index in [1.165, 1.54) is 12.4 Å². The Balaban J connectivity index is 1.58. The molecule has 0 aliphatic carbocycles. The summed E-state index contributed by atoms with van der Waals surface area (Å²) in [6.07, 6.45) is 8.44. The normalized spacial score (nSPS) is 22.8. The van der Waals surface area contributed by atoms with Crippen LogP contribution in [0.3, 0.4) is 0 Å². The summed E-state index contributed by atoms with van der Waals surface area (Å²) in [6.45, 7) is 1.47. The van der Waals surface area contributed by atoms with E-state index in [9.17, 15) is 9.18 Å². The van der Waals surface area contributed by atoms with Gasteiger partial charge < -0.3 is 9.80 Å². The summed E-state index contributed by atoms with van der Waals surface area (Å²) in [5.41, 5.74) is 0.920. The first kappa shape index (κ1) is 16.0. The summed E-state index contributed by atoms with van der Waals surface area (Å²) in [7, 11) is 3.80. The molecule has 2 aromatic heterocycles. The lowest BCUT2D eigenvalue weighted by Crippen LogP contribution is -2.54. The number of hydrogen-bond donors (Lipinski definition) is 0. The van der Waals surface area contributed by atoms with Crippen LogP contribution in [-0.2, 0) is 11.8 Å². The molecule has 0 bridgehead atoms. The van der Waals surface area contributed by atoms with Crippen molar-refractivity contribution in [2.45, 2.75) is 30.7 Å². The number of rotatable bonds is 2. The van der Waals surface area contributed by atoms with Gasteiger partial charge in [0.1, 0.15) is 0 Å². The lowest BCUT2D eigenvalue weighted by atomic mass is 9.74. The number of nitrogens with zero attached hydrogens (tertiary/aromatic N) is 6. The second-order valence-corrected chi connectivity index (χ2v) is 6.95. The Kier molecular flexibility index (Phi) is 3.70. The molecule has 8 heteroatoms. The fraction of sp³-hybridized carbons (Fsp3) is 0.529. The molecule has 4 heterocycles. The third-order valence-corrected chi connectivity index (χ3v) is 5.72. The fourth-order valence-electron chi connectivity index (χ4n) is 4.28. The lowest BCUT2D eigenvalue weighted by molar-refractivity contribution is -0.130. The third kappa shape index (κ3) is 2.56. The molecular formula is C17H21FN6O. The number of likely N-dealkylation sites (tertiary alicyclic amines) is 1. The summed E-state index contributed by atoms with van der Waals surface area (Å²) in [5, 5.41) is 4.28. The van der Waals surface area contributed by atoms with Crippen molar-refractivity contribution in [1.29, 1.82) is 0 Å². The van der Waals surface area contributed by atoms with Crippen molar-refractivity contribution in [2.75, 3.05) is 25.0 Å². The smallest absolute Gasteiger partial charge is 0.225 e. The van der Waals surface area contributed by atoms with Gasteiger partial charge in [0.05, 0.1) is 24.1 Å². The van der Waals surface area contributed by atoms with Crippen LogP contribution in [0.1, 0.15) is 30.7 Å². The van der Waals surface area contributed by atoms with Gasteiger partial charge in [0.2, 0.25) is 11.9 Å². The Hall–Kier alpha value is -2.51. The van der Waals surface area contributed by atoms with E-state index in [1.54, 1.807) is 4.68 Å². The Labute approximate surface area is 145 Å². The molecule has 4 rings (SSSR count). The minimum Gasteiger partial charge on any atom is -0.341 e. The highest BCUT2D eigenvalue weighted by molar-refractivity contribution is 5.81. The molecule has 2 fully saturated rings. The molecule has 0 N–H and O–H groups in total.